The molecule has 0 aromatic heterocycles. The molecule has 2 aliphatic heterocycles. The SMILES string of the molecule is O=C(CN1C(=O)S/C(=C\c2ccc(N3CCOCC3)c([N+](=O)[O-])c2)C1=O)c1ccc(Cl)cc1. The van der Waals surface area contributed by atoms with Gasteiger partial charge in [-0.1, -0.05) is 17.7 Å². The van der Waals surface area contributed by atoms with Crippen molar-refractivity contribution in [3.8, 4) is 0 Å². The number of Topliss-reactive ketones (excluding diaryl/α,β-unsaturated/α-hetero) is 1. The Morgan fingerprint density at radius 3 is 2.52 bits per heavy atom. The van der Waals surface area contributed by atoms with Gasteiger partial charge in [-0.25, -0.2) is 0 Å². The van der Waals surface area contributed by atoms with Crippen LogP contribution in [0.5, 0.6) is 0 Å². The molecule has 9 nitrogen and oxygen atoms in total. The van der Waals surface area contributed by atoms with Crippen LogP contribution in [0.25, 0.3) is 6.08 Å². The molecular weight excluding hydrogens is 470 g/mol. The predicted octanol–water partition coefficient (Wildman–Crippen LogP) is 4.00. The summed E-state index contributed by atoms with van der Waals surface area (Å²) < 4.78 is 5.30. The Bertz CT molecular complexity index is 1160. The number of thioether (sulfide) groups is 1. The van der Waals surface area contributed by atoms with E-state index in [1.165, 1.54) is 24.3 Å². The minimum Gasteiger partial charge on any atom is -0.378 e. The normalized spacial score (nSPS) is 17.7. The molecule has 2 aromatic rings. The van der Waals surface area contributed by atoms with Gasteiger partial charge in [0.2, 0.25) is 0 Å². The lowest BCUT2D eigenvalue weighted by Gasteiger charge is -2.28. The molecule has 0 atom stereocenters. The van der Waals surface area contributed by atoms with Crippen molar-refractivity contribution < 1.29 is 24.0 Å². The van der Waals surface area contributed by atoms with Crippen LogP contribution in [0.4, 0.5) is 16.2 Å². The van der Waals surface area contributed by atoms with Gasteiger partial charge in [-0.05, 0) is 53.7 Å². The number of carbonyl (C=O) groups is 3. The fourth-order valence-corrected chi connectivity index (χ4v) is 4.47. The number of anilines is 1. The van der Waals surface area contributed by atoms with Crippen LogP contribution in [0.15, 0.2) is 47.4 Å². The third-order valence-corrected chi connectivity index (χ3v) is 6.35. The zero-order chi connectivity index (χ0) is 23.5. The first-order valence-electron chi connectivity index (χ1n) is 9.99. The number of morpholine rings is 1. The van der Waals surface area contributed by atoms with Crippen LogP contribution in [0.1, 0.15) is 15.9 Å². The van der Waals surface area contributed by atoms with E-state index in [0.29, 0.717) is 59.9 Å². The molecule has 2 aromatic carbocycles. The number of ketones is 1. The van der Waals surface area contributed by atoms with Crippen molar-refractivity contribution in [2.75, 3.05) is 37.7 Å². The van der Waals surface area contributed by atoms with Gasteiger partial charge in [-0.2, -0.15) is 0 Å². The lowest BCUT2D eigenvalue weighted by Crippen LogP contribution is -2.36. The lowest BCUT2D eigenvalue weighted by molar-refractivity contribution is -0.384. The van der Waals surface area contributed by atoms with E-state index in [4.69, 9.17) is 16.3 Å². The smallest absolute Gasteiger partial charge is 0.293 e. The molecule has 11 heteroatoms. The van der Waals surface area contributed by atoms with Crippen molar-refractivity contribution in [1.82, 2.24) is 4.90 Å². The maximum Gasteiger partial charge on any atom is 0.293 e. The van der Waals surface area contributed by atoms with Crippen LogP contribution in [-0.4, -0.2) is 59.6 Å². The molecule has 4 rings (SSSR count). The van der Waals surface area contributed by atoms with E-state index < -0.39 is 28.4 Å². The monoisotopic (exact) mass is 487 g/mol. The van der Waals surface area contributed by atoms with Crippen molar-refractivity contribution in [3.63, 3.8) is 0 Å². The highest BCUT2D eigenvalue weighted by atomic mass is 35.5. The number of amides is 2. The molecule has 2 fully saturated rings. The summed E-state index contributed by atoms with van der Waals surface area (Å²) in [6.45, 7) is 1.66. The largest absolute Gasteiger partial charge is 0.378 e. The Balaban J connectivity index is 1.54. The van der Waals surface area contributed by atoms with Gasteiger partial charge in [0.05, 0.1) is 29.6 Å². The number of benzene rings is 2. The highest BCUT2D eigenvalue weighted by Gasteiger charge is 2.36. The number of halogens is 1. The summed E-state index contributed by atoms with van der Waals surface area (Å²) in [5.41, 5.74) is 1.12. The van der Waals surface area contributed by atoms with Gasteiger partial charge < -0.3 is 9.64 Å². The predicted molar refractivity (Wildman–Crippen MR) is 125 cm³/mol. The number of ether oxygens (including phenoxy) is 1. The summed E-state index contributed by atoms with van der Waals surface area (Å²) in [6.07, 6.45) is 1.42. The van der Waals surface area contributed by atoms with E-state index in [1.54, 1.807) is 24.3 Å². The third-order valence-electron chi connectivity index (χ3n) is 5.19. The van der Waals surface area contributed by atoms with Crippen LogP contribution < -0.4 is 4.90 Å². The Morgan fingerprint density at radius 1 is 1.15 bits per heavy atom. The quantitative estimate of drug-likeness (QED) is 0.260. The summed E-state index contributed by atoms with van der Waals surface area (Å²) in [5, 5.41) is 11.5. The fraction of sp³-hybridized carbons (Fsp3) is 0.227. The van der Waals surface area contributed by atoms with Gasteiger partial charge in [0, 0.05) is 29.7 Å². The fourth-order valence-electron chi connectivity index (χ4n) is 3.51. The second kappa shape index (κ2) is 9.74. The van der Waals surface area contributed by atoms with Crippen molar-refractivity contribution in [1.29, 1.82) is 0 Å². The summed E-state index contributed by atoms with van der Waals surface area (Å²) in [7, 11) is 0. The van der Waals surface area contributed by atoms with Gasteiger partial charge in [0.15, 0.2) is 5.78 Å². The molecular formula is C22H18ClN3O6S. The minimum absolute atomic E-state index is 0.0946. The van der Waals surface area contributed by atoms with Crippen LogP contribution in [-0.2, 0) is 9.53 Å². The molecule has 0 N–H and O–H groups in total. The van der Waals surface area contributed by atoms with Crippen LogP contribution in [0, 0.1) is 10.1 Å². The summed E-state index contributed by atoms with van der Waals surface area (Å²) >= 11 is 6.51. The number of nitro groups is 1. The Kier molecular flexibility index (Phi) is 6.77. The molecule has 0 unspecified atom stereocenters. The molecule has 0 radical (unpaired) electrons. The number of hydrogen-bond acceptors (Lipinski definition) is 8. The lowest BCUT2D eigenvalue weighted by atomic mass is 10.1. The number of hydrogen-bond donors (Lipinski definition) is 0. The molecule has 33 heavy (non-hydrogen) atoms. The Hall–Kier alpha value is -3.21. The van der Waals surface area contributed by atoms with Crippen molar-refractivity contribution in [2.45, 2.75) is 0 Å². The second-order valence-corrected chi connectivity index (χ2v) is 8.73. The molecule has 0 saturated carbocycles. The summed E-state index contributed by atoms with van der Waals surface area (Å²) in [6, 6.07) is 10.8. The zero-order valence-corrected chi connectivity index (χ0v) is 18.8. The van der Waals surface area contributed by atoms with Crippen molar-refractivity contribution in [3.05, 3.63) is 73.6 Å². The molecule has 0 aliphatic carbocycles. The highest BCUT2D eigenvalue weighted by Crippen LogP contribution is 2.35. The molecule has 0 bridgehead atoms. The van der Waals surface area contributed by atoms with Crippen LogP contribution in [0.2, 0.25) is 5.02 Å². The maximum atomic E-state index is 12.8. The molecule has 0 spiro atoms. The Labute approximate surface area is 198 Å². The van der Waals surface area contributed by atoms with E-state index in [-0.39, 0.29) is 10.6 Å². The summed E-state index contributed by atoms with van der Waals surface area (Å²) in [4.78, 5) is 51.6. The van der Waals surface area contributed by atoms with Gasteiger partial charge >= 0.3 is 0 Å². The van der Waals surface area contributed by atoms with Gasteiger partial charge in [0.25, 0.3) is 16.8 Å². The first-order chi connectivity index (χ1) is 15.8. The molecule has 170 valence electrons. The average molecular weight is 488 g/mol. The summed E-state index contributed by atoms with van der Waals surface area (Å²) in [5.74, 6) is -1.02. The highest BCUT2D eigenvalue weighted by molar-refractivity contribution is 8.18. The maximum absolute atomic E-state index is 12.8. The van der Waals surface area contributed by atoms with Gasteiger partial charge in [0.1, 0.15) is 5.69 Å². The van der Waals surface area contributed by atoms with E-state index in [9.17, 15) is 24.5 Å². The van der Waals surface area contributed by atoms with Crippen molar-refractivity contribution in [2.24, 2.45) is 0 Å². The van der Waals surface area contributed by atoms with Crippen molar-refractivity contribution >= 4 is 57.7 Å². The molecule has 2 saturated heterocycles. The third kappa shape index (κ3) is 5.08. The number of nitrogens with zero attached hydrogens (tertiary/aromatic N) is 3. The van der Waals surface area contributed by atoms with Crippen LogP contribution in [0.3, 0.4) is 0 Å². The number of rotatable bonds is 6. The van der Waals surface area contributed by atoms with Gasteiger partial charge in [-0.3, -0.25) is 29.4 Å². The first kappa shape index (κ1) is 23.0. The van der Waals surface area contributed by atoms with Crippen LogP contribution >= 0.6 is 23.4 Å². The van der Waals surface area contributed by atoms with E-state index in [0.717, 1.165) is 4.90 Å². The number of imide groups is 1. The number of nitro benzene ring substituents is 1. The zero-order valence-electron chi connectivity index (χ0n) is 17.2. The molecule has 2 aliphatic rings. The molecule has 2 amide bonds. The second-order valence-electron chi connectivity index (χ2n) is 7.30. The Morgan fingerprint density at radius 2 is 1.85 bits per heavy atom. The first-order valence-corrected chi connectivity index (χ1v) is 11.2. The molecule has 2 heterocycles. The van der Waals surface area contributed by atoms with Gasteiger partial charge in [-0.15, -0.1) is 0 Å². The average Bonchev–Trinajstić information content (AvgIpc) is 3.07. The topological polar surface area (TPSA) is 110 Å². The van der Waals surface area contributed by atoms with E-state index in [1.807, 2.05) is 4.90 Å². The number of carbonyl (C=O) groups excluding carboxylic acids is 3. The van der Waals surface area contributed by atoms with E-state index >= 15 is 0 Å². The van der Waals surface area contributed by atoms with E-state index in [2.05, 4.69) is 0 Å². The minimum atomic E-state index is -0.618. The standard InChI is InChI=1S/C22H18ClN3O6S/c23-16-4-2-15(3-5-16)19(27)13-25-21(28)20(33-22(25)29)12-14-1-6-17(18(11-14)26(30)31)24-7-9-32-10-8-24/h1-6,11-12H,7-10,13H2/b20-12-.